The number of hydrogen-bond acceptors (Lipinski definition) is 6. The molecule has 3 N–H and O–H groups in total. The first-order valence-corrected chi connectivity index (χ1v) is 13.7. The van der Waals surface area contributed by atoms with Crippen LogP contribution in [0.2, 0.25) is 0 Å². The maximum Gasteiger partial charge on any atom is 0.245 e. The highest BCUT2D eigenvalue weighted by atomic mass is 16.5. The highest BCUT2D eigenvalue weighted by molar-refractivity contribution is 6.02. The van der Waals surface area contributed by atoms with Gasteiger partial charge in [0, 0.05) is 25.4 Å². The van der Waals surface area contributed by atoms with E-state index in [1.165, 1.54) is 0 Å². The van der Waals surface area contributed by atoms with Gasteiger partial charge in [0.25, 0.3) is 0 Å². The van der Waals surface area contributed by atoms with Crippen LogP contribution in [0, 0.1) is 11.8 Å². The Labute approximate surface area is 219 Å². The molecule has 0 aliphatic carbocycles. The molecule has 2 bridgehead atoms. The third-order valence-corrected chi connectivity index (χ3v) is 8.13. The number of aliphatic hydroxyl groups excluding tert-OH is 1. The van der Waals surface area contributed by atoms with E-state index in [1.54, 1.807) is 29.2 Å². The predicted octanol–water partition coefficient (Wildman–Crippen LogP) is 2.87. The van der Waals surface area contributed by atoms with Gasteiger partial charge in [-0.25, -0.2) is 0 Å². The normalized spacial score (nSPS) is 29.9. The zero-order valence-corrected chi connectivity index (χ0v) is 22.3. The Morgan fingerprint density at radius 3 is 2.54 bits per heavy atom. The van der Waals surface area contributed by atoms with Gasteiger partial charge in [0.1, 0.15) is 17.4 Å². The Bertz CT molecular complexity index is 985. The summed E-state index contributed by atoms with van der Waals surface area (Å²) in [6, 6.07) is 6.36. The van der Waals surface area contributed by atoms with E-state index < -0.39 is 29.1 Å². The Kier molecular flexibility index (Phi) is 8.43. The van der Waals surface area contributed by atoms with E-state index in [-0.39, 0.29) is 24.3 Å². The molecule has 0 aromatic heterocycles. The van der Waals surface area contributed by atoms with Crippen LogP contribution in [0.3, 0.4) is 0 Å². The number of unbranched alkanes of at least 4 members (excludes halogenated alkanes) is 3. The Hall–Kier alpha value is -2.65. The van der Waals surface area contributed by atoms with Crippen LogP contribution in [-0.2, 0) is 19.1 Å². The fourth-order valence-corrected chi connectivity index (χ4v) is 6.47. The van der Waals surface area contributed by atoms with Crippen LogP contribution in [0.4, 0.5) is 5.69 Å². The first kappa shape index (κ1) is 27.4. The zero-order chi connectivity index (χ0) is 26.6. The molecule has 3 aliphatic heterocycles. The summed E-state index contributed by atoms with van der Waals surface area (Å²) in [7, 11) is 0. The van der Waals surface area contributed by atoms with Gasteiger partial charge in [0.15, 0.2) is 0 Å². The molecular formula is C28H41N3O6. The molecule has 3 saturated heterocycles. The largest absolute Gasteiger partial charge is 0.494 e. The van der Waals surface area contributed by atoms with Gasteiger partial charge in [0.2, 0.25) is 17.7 Å². The number of nitrogens with zero attached hydrogens (tertiary/aromatic N) is 1. The summed E-state index contributed by atoms with van der Waals surface area (Å²) in [6.45, 7) is 7.37. The number of rotatable bonds is 13. The van der Waals surface area contributed by atoms with E-state index >= 15 is 0 Å². The third-order valence-electron chi connectivity index (χ3n) is 8.13. The van der Waals surface area contributed by atoms with Crippen molar-refractivity contribution < 1.29 is 29.0 Å². The lowest BCUT2D eigenvalue weighted by Gasteiger charge is -2.33. The molecule has 4 rings (SSSR count). The minimum atomic E-state index is -1.03. The summed E-state index contributed by atoms with van der Waals surface area (Å²) in [6.07, 6.45) is 5.19. The molecule has 5 atom stereocenters. The maximum absolute atomic E-state index is 13.9. The fourth-order valence-electron chi connectivity index (χ4n) is 6.47. The quantitative estimate of drug-likeness (QED) is 0.348. The van der Waals surface area contributed by atoms with E-state index in [1.807, 2.05) is 13.8 Å². The van der Waals surface area contributed by atoms with Gasteiger partial charge < -0.3 is 30.1 Å². The summed E-state index contributed by atoms with van der Waals surface area (Å²) in [4.78, 5) is 42.7. The number of ether oxygens (including phenoxy) is 2. The molecule has 1 aromatic carbocycles. The van der Waals surface area contributed by atoms with E-state index in [0.29, 0.717) is 56.8 Å². The molecule has 2 unspecified atom stereocenters. The molecule has 9 nitrogen and oxygen atoms in total. The summed E-state index contributed by atoms with van der Waals surface area (Å²) in [5.74, 6) is -1.42. The van der Waals surface area contributed by atoms with Gasteiger partial charge in [-0.1, -0.05) is 19.8 Å². The van der Waals surface area contributed by atoms with Crippen LogP contribution >= 0.6 is 0 Å². The average molecular weight is 516 g/mol. The lowest BCUT2D eigenvalue weighted by molar-refractivity contribution is -0.145. The van der Waals surface area contributed by atoms with E-state index in [0.717, 1.165) is 19.3 Å². The highest BCUT2D eigenvalue weighted by Gasteiger charge is 2.77. The lowest BCUT2D eigenvalue weighted by atomic mass is 9.66. The first-order valence-electron chi connectivity index (χ1n) is 13.7. The number of hydrogen-bond donors (Lipinski definition) is 3. The van der Waals surface area contributed by atoms with Crippen molar-refractivity contribution in [2.75, 3.05) is 31.6 Å². The minimum absolute atomic E-state index is 0.0200. The molecule has 0 saturated carbocycles. The van der Waals surface area contributed by atoms with Crippen LogP contribution in [0.15, 0.2) is 24.3 Å². The van der Waals surface area contributed by atoms with Gasteiger partial charge >= 0.3 is 0 Å². The van der Waals surface area contributed by atoms with Crippen LogP contribution in [0.1, 0.15) is 65.7 Å². The monoisotopic (exact) mass is 515 g/mol. The Morgan fingerprint density at radius 2 is 1.86 bits per heavy atom. The molecule has 204 valence electrons. The summed E-state index contributed by atoms with van der Waals surface area (Å²) >= 11 is 0. The van der Waals surface area contributed by atoms with Crippen molar-refractivity contribution in [2.24, 2.45) is 11.8 Å². The third kappa shape index (κ3) is 5.08. The van der Waals surface area contributed by atoms with Crippen LogP contribution < -0.4 is 15.4 Å². The maximum atomic E-state index is 13.9. The van der Waals surface area contributed by atoms with Gasteiger partial charge in [-0.2, -0.15) is 0 Å². The second kappa shape index (κ2) is 11.4. The molecule has 1 spiro atoms. The van der Waals surface area contributed by atoms with Crippen LogP contribution in [-0.4, -0.2) is 71.3 Å². The van der Waals surface area contributed by atoms with E-state index in [4.69, 9.17) is 9.47 Å². The number of likely N-dealkylation sites (tertiary alicyclic amines) is 1. The minimum Gasteiger partial charge on any atom is -0.494 e. The molecule has 9 heteroatoms. The van der Waals surface area contributed by atoms with E-state index in [9.17, 15) is 19.5 Å². The number of amides is 3. The van der Waals surface area contributed by atoms with Crippen molar-refractivity contribution in [3.8, 4) is 5.75 Å². The number of carbonyl (C=O) groups is 3. The Morgan fingerprint density at radius 1 is 1.11 bits per heavy atom. The van der Waals surface area contributed by atoms with Crippen molar-refractivity contribution in [1.29, 1.82) is 0 Å². The van der Waals surface area contributed by atoms with Gasteiger partial charge in [-0.3, -0.25) is 14.4 Å². The Balaban J connectivity index is 1.59. The first-order chi connectivity index (χ1) is 17.8. The SMILES string of the molecule is CCCCCNC(=O)C1N(CCCCO)C(=O)[C@@H]2[C@@H](C(=O)Nc3ccc(OCC)cc3)[C@@]3(C)CCC12O3. The number of carbonyl (C=O) groups excluding carboxylic acids is 3. The van der Waals surface area contributed by atoms with Crippen LogP contribution in [0.25, 0.3) is 0 Å². The number of aliphatic hydroxyl groups is 1. The second-order valence-electron chi connectivity index (χ2n) is 10.6. The molecule has 3 amide bonds. The van der Waals surface area contributed by atoms with Gasteiger partial charge in [-0.15, -0.1) is 0 Å². The highest BCUT2D eigenvalue weighted by Crippen LogP contribution is 2.63. The molecule has 3 heterocycles. The molecule has 0 radical (unpaired) electrons. The molecule has 1 aromatic rings. The topological polar surface area (TPSA) is 117 Å². The predicted molar refractivity (Wildman–Crippen MR) is 139 cm³/mol. The molecule has 37 heavy (non-hydrogen) atoms. The van der Waals surface area contributed by atoms with Crippen molar-refractivity contribution >= 4 is 23.4 Å². The summed E-state index contributed by atoms with van der Waals surface area (Å²) < 4.78 is 12.1. The summed E-state index contributed by atoms with van der Waals surface area (Å²) in [5.41, 5.74) is -1.24. The smallest absolute Gasteiger partial charge is 0.245 e. The molecule has 3 aliphatic rings. The second-order valence-corrected chi connectivity index (χ2v) is 10.6. The van der Waals surface area contributed by atoms with Crippen molar-refractivity contribution in [3.05, 3.63) is 24.3 Å². The number of nitrogens with one attached hydrogen (secondary N) is 2. The zero-order valence-electron chi connectivity index (χ0n) is 22.3. The number of benzene rings is 1. The molecule has 3 fully saturated rings. The summed E-state index contributed by atoms with van der Waals surface area (Å²) in [5, 5.41) is 15.3. The van der Waals surface area contributed by atoms with Gasteiger partial charge in [-0.05, 0) is 70.2 Å². The fraction of sp³-hybridized carbons (Fsp3) is 0.679. The van der Waals surface area contributed by atoms with E-state index in [2.05, 4.69) is 17.6 Å². The number of anilines is 1. The molecular weight excluding hydrogens is 474 g/mol. The standard InChI is InChI=1S/C28H41N3O6/c1-4-6-7-16-29-25(34)23-28-15-14-27(3,37-28)21(22(28)26(35)31(23)17-8-9-18-32)24(33)30-19-10-12-20(13-11-19)36-5-2/h10-13,21-23,32H,4-9,14-18H2,1-3H3,(H,29,34)(H,30,33)/t21-,22-,23?,27+,28?/m0/s1. The van der Waals surface area contributed by atoms with Crippen molar-refractivity contribution in [2.45, 2.75) is 83.0 Å². The lowest BCUT2D eigenvalue weighted by Crippen LogP contribution is -2.55. The van der Waals surface area contributed by atoms with Crippen LogP contribution in [0.5, 0.6) is 5.75 Å². The average Bonchev–Trinajstić information content (AvgIpc) is 3.44. The van der Waals surface area contributed by atoms with Crippen molar-refractivity contribution in [1.82, 2.24) is 10.2 Å². The van der Waals surface area contributed by atoms with Crippen molar-refractivity contribution in [3.63, 3.8) is 0 Å². The van der Waals surface area contributed by atoms with Gasteiger partial charge in [0.05, 0.1) is 24.0 Å². The number of fused-ring (bicyclic) bond motifs is 1.